The fourth-order valence-corrected chi connectivity index (χ4v) is 3.97. The number of para-hydroxylation sites is 2. The van der Waals surface area contributed by atoms with Gasteiger partial charge in [-0.25, -0.2) is 9.97 Å². The Labute approximate surface area is 149 Å². The molecule has 5 nitrogen and oxygen atoms in total. The van der Waals surface area contributed by atoms with Crippen molar-refractivity contribution in [2.45, 2.75) is 45.7 Å². The molecule has 0 spiro atoms. The van der Waals surface area contributed by atoms with Crippen LogP contribution in [0.1, 0.15) is 37.8 Å². The van der Waals surface area contributed by atoms with E-state index in [1.165, 1.54) is 25.2 Å². The summed E-state index contributed by atoms with van der Waals surface area (Å²) in [6.07, 6.45) is 8.78. The minimum atomic E-state index is 0.670. The third-order valence-corrected chi connectivity index (χ3v) is 5.15. The number of likely N-dealkylation sites (tertiary alicyclic amines) is 1. The normalized spacial score (nSPS) is 18.8. The van der Waals surface area contributed by atoms with E-state index in [0.29, 0.717) is 5.92 Å². The molecule has 1 N–H and O–H groups in total. The summed E-state index contributed by atoms with van der Waals surface area (Å²) in [4.78, 5) is 15.4. The molecule has 1 saturated heterocycles. The van der Waals surface area contributed by atoms with Gasteiger partial charge >= 0.3 is 0 Å². The van der Waals surface area contributed by atoms with Crippen molar-refractivity contribution in [3.8, 4) is 0 Å². The van der Waals surface area contributed by atoms with Gasteiger partial charge in [0, 0.05) is 31.9 Å². The molecule has 3 aromatic rings. The zero-order chi connectivity index (χ0) is 17.1. The van der Waals surface area contributed by atoms with Crippen molar-refractivity contribution in [3.63, 3.8) is 0 Å². The summed E-state index contributed by atoms with van der Waals surface area (Å²) in [5, 5.41) is 0. The van der Waals surface area contributed by atoms with Gasteiger partial charge in [0.05, 0.1) is 17.6 Å². The molecule has 2 aromatic heterocycles. The zero-order valence-electron chi connectivity index (χ0n) is 15.0. The number of imidazole rings is 2. The van der Waals surface area contributed by atoms with Gasteiger partial charge < -0.3 is 9.55 Å². The summed E-state index contributed by atoms with van der Waals surface area (Å²) < 4.78 is 2.29. The van der Waals surface area contributed by atoms with Gasteiger partial charge in [-0.15, -0.1) is 0 Å². The van der Waals surface area contributed by atoms with Crippen LogP contribution >= 0.6 is 0 Å². The van der Waals surface area contributed by atoms with Crippen molar-refractivity contribution in [1.29, 1.82) is 0 Å². The predicted octanol–water partition coefficient (Wildman–Crippen LogP) is 3.62. The second-order valence-corrected chi connectivity index (χ2v) is 7.19. The number of piperidine rings is 1. The molecule has 1 fully saturated rings. The average molecular weight is 337 g/mol. The smallest absolute Gasteiger partial charge is 0.122 e. The quantitative estimate of drug-likeness (QED) is 0.747. The van der Waals surface area contributed by atoms with Gasteiger partial charge in [-0.1, -0.05) is 19.1 Å². The fraction of sp³-hybridized carbons (Fsp3) is 0.500. The van der Waals surface area contributed by atoms with Crippen molar-refractivity contribution in [2.24, 2.45) is 5.92 Å². The lowest BCUT2D eigenvalue weighted by molar-refractivity contribution is 0.160. The highest BCUT2D eigenvalue weighted by atomic mass is 15.2. The van der Waals surface area contributed by atoms with E-state index in [1.807, 2.05) is 12.3 Å². The Bertz CT molecular complexity index is 785. The van der Waals surface area contributed by atoms with Crippen LogP contribution < -0.4 is 0 Å². The maximum Gasteiger partial charge on any atom is 0.122 e. The molecule has 0 radical (unpaired) electrons. The number of aromatic nitrogens is 4. The standard InChI is InChI=1S/C20H27N5/c1-2-10-25-12-9-21-20(25)15-24-11-5-6-16(14-24)13-19-22-17-7-3-4-8-18(17)23-19/h3-4,7-9,12,16H,2,5-6,10-11,13-15H2,1H3,(H,22,23)/t16-/m1/s1. The van der Waals surface area contributed by atoms with Crippen molar-refractivity contribution >= 4 is 11.0 Å². The lowest BCUT2D eigenvalue weighted by atomic mass is 9.94. The van der Waals surface area contributed by atoms with Gasteiger partial charge in [-0.2, -0.15) is 0 Å². The molecule has 132 valence electrons. The van der Waals surface area contributed by atoms with Gasteiger partial charge in [-0.3, -0.25) is 4.90 Å². The second kappa shape index (κ2) is 7.40. The number of aryl methyl sites for hydroxylation is 1. The SMILES string of the molecule is CCCn1ccnc1CN1CCC[C@H](Cc2nc3ccccc3[nH]2)C1. The molecule has 3 heterocycles. The van der Waals surface area contributed by atoms with Crippen LogP contribution in [0.4, 0.5) is 0 Å². The van der Waals surface area contributed by atoms with Gasteiger partial charge in [0.15, 0.2) is 0 Å². The van der Waals surface area contributed by atoms with Crippen LogP contribution in [0, 0.1) is 5.92 Å². The summed E-state index contributed by atoms with van der Waals surface area (Å²) in [6.45, 7) is 6.55. The van der Waals surface area contributed by atoms with Crippen molar-refractivity contribution in [3.05, 3.63) is 48.3 Å². The third kappa shape index (κ3) is 3.76. The molecule has 0 amide bonds. The first-order chi connectivity index (χ1) is 12.3. The van der Waals surface area contributed by atoms with Crippen LogP contribution in [0.2, 0.25) is 0 Å². The molecule has 4 rings (SSSR count). The average Bonchev–Trinajstić information content (AvgIpc) is 3.22. The Morgan fingerprint density at radius 1 is 1.28 bits per heavy atom. The minimum Gasteiger partial charge on any atom is -0.342 e. The summed E-state index contributed by atoms with van der Waals surface area (Å²) in [7, 11) is 0. The van der Waals surface area contributed by atoms with Gasteiger partial charge in [0.25, 0.3) is 0 Å². The largest absolute Gasteiger partial charge is 0.342 e. The van der Waals surface area contributed by atoms with Gasteiger partial charge in [-0.05, 0) is 43.9 Å². The van der Waals surface area contributed by atoms with Crippen LogP contribution in [0.3, 0.4) is 0 Å². The van der Waals surface area contributed by atoms with Crippen LogP contribution in [-0.4, -0.2) is 37.5 Å². The summed E-state index contributed by atoms with van der Waals surface area (Å²) >= 11 is 0. The maximum absolute atomic E-state index is 4.76. The molecule has 0 aliphatic carbocycles. The number of H-pyrrole nitrogens is 1. The van der Waals surface area contributed by atoms with Crippen molar-refractivity contribution in [2.75, 3.05) is 13.1 Å². The molecule has 25 heavy (non-hydrogen) atoms. The summed E-state index contributed by atoms with van der Waals surface area (Å²) in [6, 6.07) is 8.29. The minimum absolute atomic E-state index is 0.670. The first kappa shape index (κ1) is 16.3. The molecule has 1 aliphatic heterocycles. The van der Waals surface area contributed by atoms with Crippen molar-refractivity contribution in [1.82, 2.24) is 24.4 Å². The molecule has 1 atom stereocenters. The maximum atomic E-state index is 4.76. The van der Waals surface area contributed by atoms with E-state index >= 15 is 0 Å². The van der Waals surface area contributed by atoms with E-state index in [-0.39, 0.29) is 0 Å². The highest BCUT2D eigenvalue weighted by Crippen LogP contribution is 2.22. The number of hydrogen-bond acceptors (Lipinski definition) is 3. The molecular formula is C20H27N5. The Balaban J connectivity index is 1.39. The van der Waals surface area contributed by atoms with E-state index in [9.17, 15) is 0 Å². The number of nitrogens with one attached hydrogen (secondary N) is 1. The highest BCUT2D eigenvalue weighted by molar-refractivity contribution is 5.74. The number of rotatable bonds is 6. The molecule has 0 bridgehead atoms. The van der Waals surface area contributed by atoms with E-state index in [4.69, 9.17) is 4.98 Å². The topological polar surface area (TPSA) is 49.7 Å². The highest BCUT2D eigenvalue weighted by Gasteiger charge is 2.22. The van der Waals surface area contributed by atoms with Crippen LogP contribution in [-0.2, 0) is 19.5 Å². The Morgan fingerprint density at radius 2 is 2.20 bits per heavy atom. The Kier molecular flexibility index (Phi) is 4.83. The molecule has 0 saturated carbocycles. The Morgan fingerprint density at radius 3 is 3.08 bits per heavy atom. The van der Waals surface area contributed by atoms with Crippen LogP contribution in [0.15, 0.2) is 36.7 Å². The predicted molar refractivity (Wildman–Crippen MR) is 100 cm³/mol. The molecule has 5 heteroatoms. The first-order valence-electron chi connectivity index (χ1n) is 9.48. The molecule has 1 aliphatic rings. The van der Waals surface area contributed by atoms with Crippen LogP contribution in [0.25, 0.3) is 11.0 Å². The summed E-state index contributed by atoms with van der Waals surface area (Å²) in [5.74, 6) is 3.00. The number of benzene rings is 1. The summed E-state index contributed by atoms with van der Waals surface area (Å²) in [5.41, 5.74) is 2.22. The zero-order valence-corrected chi connectivity index (χ0v) is 15.0. The number of hydrogen-bond donors (Lipinski definition) is 1. The van der Waals surface area contributed by atoms with E-state index < -0.39 is 0 Å². The lowest BCUT2D eigenvalue weighted by Crippen LogP contribution is -2.36. The Hall–Kier alpha value is -2.14. The molecule has 1 aromatic carbocycles. The number of nitrogens with zero attached hydrogens (tertiary/aromatic N) is 4. The van der Waals surface area contributed by atoms with E-state index in [0.717, 1.165) is 49.3 Å². The van der Waals surface area contributed by atoms with Gasteiger partial charge in [0.1, 0.15) is 11.6 Å². The third-order valence-electron chi connectivity index (χ3n) is 5.15. The van der Waals surface area contributed by atoms with E-state index in [2.05, 4.69) is 50.8 Å². The molecule has 0 unspecified atom stereocenters. The molecular weight excluding hydrogens is 310 g/mol. The van der Waals surface area contributed by atoms with E-state index in [1.54, 1.807) is 0 Å². The monoisotopic (exact) mass is 337 g/mol. The lowest BCUT2D eigenvalue weighted by Gasteiger charge is -2.32. The van der Waals surface area contributed by atoms with Crippen LogP contribution in [0.5, 0.6) is 0 Å². The fourth-order valence-electron chi connectivity index (χ4n) is 3.97. The van der Waals surface area contributed by atoms with Crippen molar-refractivity contribution < 1.29 is 0 Å². The number of fused-ring (bicyclic) bond motifs is 1. The van der Waals surface area contributed by atoms with Gasteiger partial charge in [0.2, 0.25) is 0 Å². The number of aromatic amines is 1. The second-order valence-electron chi connectivity index (χ2n) is 7.19. The first-order valence-corrected chi connectivity index (χ1v) is 9.48.